The second-order valence-corrected chi connectivity index (χ2v) is 6.35. The molecule has 1 aromatic carbocycles. The highest BCUT2D eigenvalue weighted by molar-refractivity contribution is 7.98. The van der Waals surface area contributed by atoms with Gasteiger partial charge in [-0.05, 0) is 44.7 Å². The lowest BCUT2D eigenvalue weighted by Crippen LogP contribution is -2.03. The van der Waals surface area contributed by atoms with E-state index in [2.05, 4.69) is 11.2 Å². The average molecular weight is 310 g/mol. The van der Waals surface area contributed by atoms with E-state index in [1.165, 1.54) is 11.8 Å². The van der Waals surface area contributed by atoms with Gasteiger partial charge in [-0.3, -0.25) is 4.79 Å². The minimum atomic E-state index is 0.0318. The van der Waals surface area contributed by atoms with Crippen LogP contribution in [0.3, 0.4) is 0 Å². The molecule has 0 amide bonds. The summed E-state index contributed by atoms with van der Waals surface area (Å²) >= 11 is 1.51. The summed E-state index contributed by atoms with van der Waals surface area (Å²) in [5.74, 6) is 0.0318. The molecular formula is C18H18N2OS. The van der Waals surface area contributed by atoms with E-state index in [4.69, 9.17) is 0 Å². The largest absolute Gasteiger partial charge is 0.288 e. The number of pyridine rings is 1. The monoisotopic (exact) mass is 310 g/mol. The van der Waals surface area contributed by atoms with E-state index in [1.54, 1.807) is 0 Å². The van der Waals surface area contributed by atoms with Gasteiger partial charge in [0, 0.05) is 11.3 Å². The Morgan fingerprint density at radius 3 is 2.36 bits per heavy atom. The van der Waals surface area contributed by atoms with Gasteiger partial charge in [-0.1, -0.05) is 29.8 Å². The Kier molecular flexibility index (Phi) is 3.79. The van der Waals surface area contributed by atoms with Gasteiger partial charge in [0.05, 0.1) is 11.1 Å². The van der Waals surface area contributed by atoms with Crippen LogP contribution in [0.2, 0.25) is 0 Å². The number of nitrogens with zero attached hydrogens (tertiary/aromatic N) is 2. The van der Waals surface area contributed by atoms with Gasteiger partial charge in [0.15, 0.2) is 5.78 Å². The maximum atomic E-state index is 13.0. The predicted octanol–water partition coefficient (Wildman–Crippen LogP) is 4.21. The molecule has 0 fully saturated rings. The molecule has 4 heteroatoms. The number of thioether (sulfide) groups is 1. The molecule has 2 aromatic heterocycles. The smallest absolute Gasteiger partial charge is 0.197 e. The topological polar surface area (TPSA) is 34.4 Å². The highest BCUT2D eigenvalue weighted by Gasteiger charge is 2.21. The molecule has 112 valence electrons. The minimum Gasteiger partial charge on any atom is -0.288 e. The second-order valence-electron chi connectivity index (χ2n) is 5.55. The van der Waals surface area contributed by atoms with Gasteiger partial charge in [0.25, 0.3) is 0 Å². The van der Waals surface area contributed by atoms with Gasteiger partial charge in [0.2, 0.25) is 0 Å². The number of fused-ring (bicyclic) bond motifs is 1. The normalized spacial score (nSPS) is 11.1. The lowest BCUT2D eigenvalue weighted by molar-refractivity contribution is 0.103. The zero-order valence-corrected chi connectivity index (χ0v) is 14.0. The van der Waals surface area contributed by atoms with Crippen LogP contribution in [0.25, 0.3) is 5.52 Å². The summed E-state index contributed by atoms with van der Waals surface area (Å²) in [5, 5.41) is 5.37. The summed E-state index contributed by atoms with van der Waals surface area (Å²) < 4.78 is 1.86. The van der Waals surface area contributed by atoms with E-state index in [1.807, 2.05) is 61.9 Å². The quantitative estimate of drug-likeness (QED) is 0.537. The van der Waals surface area contributed by atoms with Gasteiger partial charge in [0.1, 0.15) is 5.03 Å². The Bertz CT molecular complexity index is 863. The number of rotatable bonds is 3. The van der Waals surface area contributed by atoms with Crippen molar-refractivity contribution in [2.75, 3.05) is 6.26 Å². The van der Waals surface area contributed by atoms with Crippen LogP contribution in [-0.4, -0.2) is 21.7 Å². The Hall–Kier alpha value is -2.07. The van der Waals surface area contributed by atoms with Crippen molar-refractivity contribution < 1.29 is 4.79 Å². The van der Waals surface area contributed by atoms with Crippen LogP contribution in [0.4, 0.5) is 0 Å². The molecule has 0 aliphatic heterocycles. The van der Waals surface area contributed by atoms with Crippen molar-refractivity contribution in [2.45, 2.75) is 25.8 Å². The molecule has 22 heavy (non-hydrogen) atoms. The van der Waals surface area contributed by atoms with Crippen LogP contribution in [-0.2, 0) is 0 Å². The first-order chi connectivity index (χ1) is 10.5. The van der Waals surface area contributed by atoms with Crippen LogP contribution in [0.1, 0.15) is 32.7 Å². The van der Waals surface area contributed by atoms with Gasteiger partial charge in [-0.2, -0.15) is 5.10 Å². The first kappa shape index (κ1) is 14.9. The van der Waals surface area contributed by atoms with E-state index in [-0.39, 0.29) is 5.78 Å². The first-order valence-electron chi connectivity index (χ1n) is 7.16. The second kappa shape index (κ2) is 5.61. The Morgan fingerprint density at radius 2 is 1.73 bits per heavy atom. The zero-order chi connectivity index (χ0) is 15.9. The number of aromatic nitrogens is 2. The molecule has 3 aromatic rings. The predicted molar refractivity (Wildman–Crippen MR) is 91.1 cm³/mol. The van der Waals surface area contributed by atoms with E-state index in [0.717, 1.165) is 27.4 Å². The number of hydrogen-bond acceptors (Lipinski definition) is 3. The van der Waals surface area contributed by atoms with Crippen molar-refractivity contribution >= 4 is 23.1 Å². The van der Waals surface area contributed by atoms with Crippen molar-refractivity contribution in [3.63, 3.8) is 0 Å². The first-order valence-corrected chi connectivity index (χ1v) is 8.39. The van der Waals surface area contributed by atoms with Gasteiger partial charge in [-0.25, -0.2) is 4.52 Å². The summed E-state index contributed by atoms with van der Waals surface area (Å²) in [6, 6.07) is 11.8. The van der Waals surface area contributed by atoms with Crippen molar-refractivity contribution in [2.24, 2.45) is 0 Å². The third kappa shape index (κ3) is 2.44. The highest BCUT2D eigenvalue weighted by atomic mass is 32.2. The van der Waals surface area contributed by atoms with Crippen molar-refractivity contribution in [3.05, 3.63) is 64.3 Å². The number of aryl methyl sites for hydroxylation is 3. The van der Waals surface area contributed by atoms with Crippen LogP contribution in [0.15, 0.2) is 41.4 Å². The average Bonchev–Trinajstić information content (AvgIpc) is 2.86. The number of carbonyl (C=O) groups is 1. The molecule has 0 saturated heterocycles. The van der Waals surface area contributed by atoms with Crippen molar-refractivity contribution in [1.29, 1.82) is 0 Å². The number of hydrogen-bond donors (Lipinski definition) is 0. The van der Waals surface area contributed by atoms with E-state index < -0.39 is 0 Å². The maximum Gasteiger partial charge on any atom is 0.197 e. The molecule has 0 aliphatic rings. The summed E-state index contributed by atoms with van der Waals surface area (Å²) in [4.78, 5) is 13.0. The molecular weight excluding hydrogens is 292 g/mol. The Labute approximate surface area is 134 Å². The van der Waals surface area contributed by atoms with Crippen LogP contribution in [0.5, 0.6) is 0 Å². The Morgan fingerprint density at radius 1 is 1.05 bits per heavy atom. The molecule has 3 rings (SSSR count). The fourth-order valence-electron chi connectivity index (χ4n) is 2.67. The van der Waals surface area contributed by atoms with Crippen LogP contribution < -0.4 is 0 Å². The van der Waals surface area contributed by atoms with Crippen LogP contribution >= 0.6 is 11.8 Å². The number of ketones is 1. The van der Waals surface area contributed by atoms with E-state index >= 15 is 0 Å². The molecule has 0 radical (unpaired) electrons. The van der Waals surface area contributed by atoms with Gasteiger partial charge < -0.3 is 0 Å². The van der Waals surface area contributed by atoms with E-state index in [0.29, 0.717) is 11.1 Å². The number of benzene rings is 1. The summed E-state index contributed by atoms with van der Waals surface area (Å²) in [6.07, 6.45) is 1.95. The zero-order valence-electron chi connectivity index (χ0n) is 13.2. The summed E-state index contributed by atoms with van der Waals surface area (Å²) in [6.45, 7) is 6.07. The standard InChI is InChI=1S/C18H18N2OS/c1-11-5-7-14(8-6-11)17(21)16-15-10-12(2)9-13(3)20(15)19-18(16)22-4/h5-10H,1-4H3. The van der Waals surface area contributed by atoms with Crippen LogP contribution in [0, 0.1) is 20.8 Å². The minimum absolute atomic E-state index is 0.0318. The molecule has 0 saturated carbocycles. The van der Waals surface area contributed by atoms with Gasteiger partial charge >= 0.3 is 0 Å². The highest BCUT2D eigenvalue weighted by Crippen LogP contribution is 2.28. The molecule has 0 spiro atoms. The summed E-state index contributed by atoms with van der Waals surface area (Å²) in [7, 11) is 0. The molecule has 0 aliphatic carbocycles. The van der Waals surface area contributed by atoms with Crippen molar-refractivity contribution in [1.82, 2.24) is 9.61 Å². The lowest BCUT2D eigenvalue weighted by Gasteiger charge is -2.04. The molecule has 0 unspecified atom stereocenters. The van der Waals surface area contributed by atoms with Crippen molar-refractivity contribution in [3.8, 4) is 0 Å². The summed E-state index contributed by atoms with van der Waals surface area (Å²) in [5.41, 5.74) is 5.60. The molecule has 0 N–H and O–H groups in total. The molecule has 0 bridgehead atoms. The molecule has 0 atom stereocenters. The molecule has 2 heterocycles. The SMILES string of the molecule is CSc1nn2c(C)cc(C)cc2c1C(=O)c1ccc(C)cc1. The Balaban J connectivity index is 2.24. The third-order valence-corrected chi connectivity index (χ3v) is 4.43. The van der Waals surface area contributed by atoms with Gasteiger partial charge in [-0.15, -0.1) is 11.8 Å². The van der Waals surface area contributed by atoms with E-state index in [9.17, 15) is 4.79 Å². The fourth-order valence-corrected chi connectivity index (χ4v) is 3.23. The lowest BCUT2D eigenvalue weighted by atomic mass is 10.0. The fraction of sp³-hybridized carbons (Fsp3) is 0.222. The third-order valence-electron chi connectivity index (χ3n) is 3.76. The maximum absolute atomic E-state index is 13.0. The number of carbonyl (C=O) groups excluding carboxylic acids is 1. The molecule has 3 nitrogen and oxygen atoms in total.